The van der Waals surface area contributed by atoms with Gasteiger partial charge in [0.25, 0.3) is 10.0 Å². The Morgan fingerprint density at radius 3 is 2.62 bits per heavy atom. The minimum atomic E-state index is -4.63. The minimum absolute atomic E-state index is 0.0201. The summed E-state index contributed by atoms with van der Waals surface area (Å²) >= 11 is 0. The maximum absolute atomic E-state index is 13.4. The molecule has 0 spiro atoms. The third-order valence-corrected chi connectivity index (χ3v) is 7.05. The first-order valence-electron chi connectivity index (χ1n) is 9.73. The molecule has 10 nitrogen and oxygen atoms in total. The van der Waals surface area contributed by atoms with Crippen molar-refractivity contribution in [3.63, 3.8) is 0 Å². The van der Waals surface area contributed by atoms with Crippen LogP contribution in [0.2, 0.25) is 0 Å². The number of hydrogen-bond acceptors (Lipinski definition) is 7. The van der Waals surface area contributed by atoms with E-state index in [4.69, 9.17) is 0 Å². The van der Waals surface area contributed by atoms with Gasteiger partial charge in [0.2, 0.25) is 5.95 Å². The molecule has 32 heavy (non-hydrogen) atoms. The molecule has 3 aromatic heterocycles. The number of halogens is 3. The van der Waals surface area contributed by atoms with Gasteiger partial charge < -0.3 is 14.9 Å². The molecule has 0 amide bonds. The Hall–Kier alpha value is -3.00. The second-order valence-corrected chi connectivity index (χ2v) is 9.55. The van der Waals surface area contributed by atoms with Gasteiger partial charge in [-0.2, -0.15) is 17.5 Å². The van der Waals surface area contributed by atoms with E-state index in [0.29, 0.717) is 6.42 Å². The van der Waals surface area contributed by atoms with Gasteiger partial charge in [-0.25, -0.2) is 28.4 Å². The molecule has 1 saturated heterocycles. The van der Waals surface area contributed by atoms with Gasteiger partial charge in [-0.05, 0) is 12.3 Å². The zero-order chi connectivity index (χ0) is 23.1. The van der Waals surface area contributed by atoms with Crippen LogP contribution in [0.1, 0.15) is 18.9 Å². The lowest BCUT2D eigenvalue weighted by Crippen LogP contribution is -2.47. The molecular formula is C18H21F3N8O2S. The predicted octanol–water partition coefficient (Wildman–Crippen LogP) is 2.13. The van der Waals surface area contributed by atoms with Crippen LogP contribution >= 0.6 is 0 Å². The van der Waals surface area contributed by atoms with E-state index in [2.05, 4.69) is 30.2 Å². The van der Waals surface area contributed by atoms with E-state index in [-0.39, 0.29) is 47.4 Å². The molecule has 2 N–H and O–H groups in total. The molecule has 0 saturated carbocycles. The van der Waals surface area contributed by atoms with E-state index >= 15 is 0 Å². The van der Waals surface area contributed by atoms with Crippen LogP contribution in [0.15, 0.2) is 36.3 Å². The summed E-state index contributed by atoms with van der Waals surface area (Å²) in [6, 6.07) is -0.228. The van der Waals surface area contributed by atoms with Gasteiger partial charge >= 0.3 is 6.18 Å². The highest BCUT2D eigenvalue weighted by atomic mass is 32.2. The highest BCUT2D eigenvalue weighted by Crippen LogP contribution is 2.35. The predicted molar refractivity (Wildman–Crippen MR) is 108 cm³/mol. The van der Waals surface area contributed by atoms with Crippen molar-refractivity contribution in [2.75, 3.05) is 18.4 Å². The molecule has 0 unspecified atom stereocenters. The standard InChI is InChI=1S/C18H21F3N8O2S/c1-11-7-29(32(30,31)15-8-28(2)10-25-15)4-3-13(11)26-17-23-5-12(18(19,20)21)16(27-17)14-6-22-9-24-14/h5-6,8-11,13H,3-4,7H2,1-2H3,(H,22,24)(H,23,26,27)/t11-,13+/m1/s1. The Morgan fingerprint density at radius 2 is 2.03 bits per heavy atom. The van der Waals surface area contributed by atoms with Gasteiger partial charge in [0.05, 0.1) is 12.7 Å². The molecule has 14 heteroatoms. The third-order valence-electron chi connectivity index (χ3n) is 5.30. The number of aromatic amines is 1. The van der Waals surface area contributed by atoms with Crippen molar-refractivity contribution in [2.45, 2.75) is 30.6 Å². The SMILES string of the molecule is C[C@@H]1CN(S(=O)(=O)c2cn(C)cn2)CC[C@@H]1Nc1ncc(C(F)(F)F)c(-c2c[nH]cn2)n1. The van der Waals surface area contributed by atoms with Crippen LogP contribution in [-0.4, -0.2) is 61.3 Å². The van der Waals surface area contributed by atoms with Crippen molar-refractivity contribution in [3.8, 4) is 11.4 Å². The zero-order valence-electron chi connectivity index (χ0n) is 17.2. The van der Waals surface area contributed by atoms with E-state index < -0.39 is 21.8 Å². The fourth-order valence-electron chi connectivity index (χ4n) is 3.60. The summed E-state index contributed by atoms with van der Waals surface area (Å²) in [5, 5.41) is 3.04. The molecule has 1 aliphatic rings. The van der Waals surface area contributed by atoms with E-state index in [0.717, 1.165) is 6.20 Å². The number of piperidine rings is 1. The summed E-state index contributed by atoms with van der Waals surface area (Å²) in [5.41, 5.74) is -1.27. The van der Waals surface area contributed by atoms with Crippen LogP contribution in [-0.2, 0) is 23.2 Å². The highest BCUT2D eigenvalue weighted by Gasteiger charge is 2.37. The Bertz CT molecular complexity index is 1190. The number of nitrogens with one attached hydrogen (secondary N) is 2. The molecule has 2 atom stereocenters. The molecular weight excluding hydrogens is 449 g/mol. The molecule has 4 heterocycles. The van der Waals surface area contributed by atoms with Crippen molar-refractivity contribution >= 4 is 16.0 Å². The minimum Gasteiger partial charge on any atom is -0.351 e. The van der Waals surface area contributed by atoms with Gasteiger partial charge in [0, 0.05) is 44.8 Å². The quantitative estimate of drug-likeness (QED) is 0.586. The molecule has 0 bridgehead atoms. The molecule has 0 aromatic carbocycles. The number of aryl methyl sites for hydroxylation is 1. The summed E-state index contributed by atoms with van der Waals surface area (Å²) in [6.45, 7) is 2.31. The second-order valence-electron chi connectivity index (χ2n) is 7.67. The number of anilines is 1. The largest absolute Gasteiger partial charge is 0.420 e. The second kappa shape index (κ2) is 8.16. The molecule has 3 aromatic rings. The first-order chi connectivity index (χ1) is 15.1. The number of alkyl halides is 3. The number of nitrogens with zero attached hydrogens (tertiary/aromatic N) is 6. The van der Waals surface area contributed by atoms with Gasteiger partial charge in [-0.15, -0.1) is 0 Å². The molecule has 172 valence electrons. The van der Waals surface area contributed by atoms with Crippen LogP contribution in [0.4, 0.5) is 19.1 Å². The maximum atomic E-state index is 13.4. The number of imidazole rings is 2. The first-order valence-corrected chi connectivity index (χ1v) is 11.2. The maximum Gasteiger partial charge on any atom is 0.420 e. The molecule has 0 radical (unpaired) electrons. The average Bonchev–Trinajstić information content (AvgIpc) is 3.40. The fraction of sp³-hybridized carbons (Fsp3) is 0.444. The summed E-state index contributed by atoms with van der Waals surface area (Å²) in [4.78, 5) is 18.3. The number of rotatable bonds is 5. The summed E-state index contributed by atoms with van der Waals surface area (Å²) < 4.78 is 68.7. The number of H-pyrrole nitrogens is 1. The van der Waals surface area contributed by atoms with E-state index in [1.807, 2.05) is 6.92 Å². The van der Waals surface area contributed by atoms with Crippen molar-refractivity contribution in [2.24, 2.45) is 13.0 Å². The van der Waals surface area contributed by atoms with Crippen LogP contribution < -0.4 is 5.32 Å². The van der Waals surface area contributed by atoms with Gasteiger partial charge in [-0.1, -0.05) is 6.92 Å². The smallest absolute Gasteiger partial charge is 0.351 e. The third kappa shape index (κ3) is 4.32. The Morgan fingerprint density at radius 1 is 1.25 bits per heavy atom. The van der Waals surface area contributed by atoms with Crippen molar-refractivity contribution in [1.29, 1.82) is 0 Å². The summed E-state index contributed by atoms with van der Waals surface area (Å²) in [7, 11) is -2.04. The Kier molecular flexibility index (Phi) is 5.67. The molecule has 4 rings (SSSR count). The lowest BCUT2D eigenvalue weighted by atomic mass is 9.95. The first kappa shape index (κ1) is 22.2. The molecule has 1 fully saturated rings. The van der Waals surface area contributed by atoms with Crippen molar-refractivity contribution < 1.29 is 21.6 Å². The van der Waals surface area contributed by atoms with Crippen LogP contribution in [0.25, 0.3) is 11.4 Å². The van der Waals surface area contributed by atoms with E-state index in [1.165, 1.54) is 29.4 Å². The summed E-state index contributed by atoms with van der Waals surface area (Å²) in [6.07, 6.45) is 1.97. The Labute approximate surface area is 182 Å². The van der Waals surface area contributed by atoms with Gasteiger partial charge in [0.15, 0.2) is 5.03 Å². The van der Waals surface area contributed by atoms with Gasteiger partial charge in [0.1, 0.15) is 17.0 Å². The normalized spacial score (nSPS) is 20.4. The van der Waals surface area contributed by atoms with Crippen molar-refractivity contribution in [3.05, 3.63) is 36.8 Å². The molecule has 0 aliphatic carbocycles. The Balaban J connectivity index is 1.52. The highest BCUT2D eigenvalue weighted by molar-refractivity contribution is 7.89. The lowest BCUT2D eigenvalue weighted by molar-refractivity contribution is -0.137. The monoisotopic (exact) mass is 470 g/mol. The molecule has 1 aliphatic heterocycles. The lowest BCUT2D eigenvalue weighted by Gasteiger charge is -2.36. The number of sulfonamides is 1. The van der Waals surface area contributed by atoms with Crippen molar-refractivity contribution in [1.82, 2.24) is 33.8 Å². The van der Waals surface area contributed by atoms with Crippen LogP contribution in [0.5, 0.6) is 0 Å². The topological polar surface area (TPSA) is 122 Å². The summed E-state index contributed by atoms with van der Waals surface area (Å²) in [5.74, 6) is -0.129. The average molecular weight is 470 g/mol. The van der Waals surface area contributed by atoms with E-state index in [1.54, 1.807) is 11.6 Å². The van der Waals surface area contributed by atoms with Crippen LogP contribution in [0, 0.1) is 5.92 Å². The number of hydrogen-bond donors (Lipinski definition) is 2. The fourth-order valence-corrected chi connectivity index (χ4v) is 5.13. The number of aromatic nitrogens is 6. The van der Waals surface area contributed by atoms with Crippen LogP contribution in [0.3, 0.4) is 0 Å². The zero-order valence-corrected chi connectivity index (χ0v) is 18.0. The van der Waals surface area contributed by atoms with Gasteiger partial charge in [-0.3, -0.25) is 0 Å². The van der Waals surface area contributed by atoms with E-state index in [9.17, 15) is 21.6 Å².